The maximum Gasteiger partial charge on any atom is 0.128 e. The first-order valence-corrected chi connectivity index (χ1v) is 7.11. The number of benzene rings is 2. The average Bonchev–Trinajstić information content (AvgIpc) is 2.36. The molecule has 1 atom stereocenters. The van der Waals surface area contributed by atoms with Crippen LogP contribution in [-0.2, 0) is 6.42 Å². The number of aryl methyl sites for hydroxylation is 1. The van der Waals surface area contributed by atoms with Gasteiger partial charge in [0.15, 0.2) is 0 Å². The summed E-state index contributed by atoms with van der Waals surface area (Å²) in [7, 11) is 0. The van der Waals surface area contributed by atoms with Crippen molar-refractivity contribution in [3.05, 3.63) is 69.7 Å². The maximum absolute atomic E-state index is 13.8. The van der Waals surface area contributed by atoms with Crippen molar-refractivity contribution in [1.82, 2.24) is 0 Å². The molecule has 2 rings (SSSR count). The van der Waals surface area contributed by atoms with E-state index in [0.717, 1.165) is 5.56 Å². The highest BCUT2D eigenvalue weighted by Crippen LogP contribution is 2.30. The molecule has 2 aromatic carbocycles. The summed E-state index contributed by atoms with van der Waals surface area (Å²) in [6.45, 7) is 1.55. The molecular weight excluding hydrogens is 334 g/mol. The zero-order valence-corrected chi connectivity index (χ0v) is 12.6. The molecule has 0 aliphatic rings. The van der Waals surface area contributed by atoms with Crippen LogP contribution >= 0.6 is 27.5 Å². The molecule has 0 spiro atoms. The van der Waals surface area contributed by atoms with Gasteiger partial charge in [0, 0.05) is 15.4 Å². The Morgan fingerprint density at radius 1 is 1.11 bits per heavy atom. The van der Waals surface area contributed by atoms with Crippen LogP contribution in [0.2, 0.25) is 5.02 Å². The van der Waals surface area contributed by atoms with Crippen LogP contribution in [0.4, 0.5) is 8.78 Å². The fraction of sp³-hybridized carbons (Fsp3) is 0.200. The molecule has 1 unspecified atom stereocenters. The largest absolute Gasteiger partial charge is 0.207 e. The lowest BCUT2D eigenvalue weighted by atomic mass is 10.0. The highest BCUT2D eigenvalue weighted by Gasteiger charge is 2.15. The van der Waals surface area contributed by atoms with Crippen molar-refractivity contribution in [1.29, 1.82) is 0 Å². The van der Waals surface area contributed by atoms with Crippen molar-refractivity contribution < 1.29 is 8.78 Å². The van der Waals surface area contributed by atoms with Crippen LogP contribution in [0.5, 0.6) is 0 Å². The lowest BCUT2D eigenvalue weighted by Gasteiger charge is -2.12. The predicted octanol–water partition coefficient (Wildman–Crippen LogP) is 5.61. The molecule has 0 saturated heterocycles. The molecule has 0 aliphatic carbocycles. The highest BCUT2D eigenvalue weighted by molar-refractivity contribution is 9.09. The van der Waals surface area contributed by atoms with E-state index in [0.29, 0.717) is 22.6 Å². The Hall–Kier alpha value is -0.930. The van der Waals surface area contributed by atoms with Gasteiger partial charge >= 0.3 is 0 Å². The van der Waals surface area contributed by atoms with Gasteiger partial charge in [-0.15, -0.1) is 0 Å². The van der Waals surface area contributed by atoms with E-state index in [2.05, 4.69) is 15.9 Å². The average molecular weight is 346 g/mol. The summed E-state index contributed by atoms with van der Waals surface area (Å²) >= 11 is 9.22. The van der Waals surface area contributed by atoms with E-state index in [1.54, 1.807) is 19.1 Å². The van der Waals surface area contributed by atoms with Gasteiger partial charge in [0.25, 0.3) is 0 Å². The van der Waals surface area contributed by atoms with Gasteiger partial charge in [-0.25, -0.2) is 8.78 Å². The van der Waals surface area contributed by atoms with Crippen LogP contribution in [0.3, 0.4) is 0 Å². The number of halogens is 4. The van der Waals surface area contributed by atoms with Crippen molar-refractivity contribution in [3.63, 3.8) is 0 Å². The van der Waals surface area contributed by atoms with Crippen molar-refractivity contribution >= 4 is 27.5 Å². The molecule has 0 aliphatic heterocycles. The lowest BCUT2D eigenvalue weighted by Crippen LogP contribution is -2.01. The van der Waals surface area contributed by atoms with Crippen molar-refractivity contribution in [3.8, 4) is 0 Å². The summed E-state index contributed by atoms with van der Waals surface area (Å²) in [5.74, 6) is -0.785. The van der Waals surface area contributed by atoms with E-state index in [1.165, 1.54) is 12.1 Å². The van der Waals surface area contributed by atoms with Gasteiger partial charge in [-0.3, -0.25) is 0 Å². The Kier molecular flexibility index (Phi) is 4.58. The van der Waals surface area contributed by atoms with Crippen molar-refractivity contribution in [2.45, 2.75) is 18.2 Å². The minimum atomic E-state index is -0.394. The molecule has 100 valence electrons. The van der Waals surface area contributed by atoms with Crippen LogP contribution in [-0.4, -0.2) is 0 Å². The molecule has 0 bridgehead atoms. The molecule has 19 heavy (non-hydrogen) atoms. The molecule has 0 fully saturated rings. The van der Waals surface area contributed by atoms with E-state index in [9.17, 15) is 8.78 Å². The first-order chi connectivity index (χ1) is 8.97. The highest BCUT2D eigenvalue weighted by atomic mass is 79.9. The number of rotatable bonds is 3. The summed E-state index contributed by atoms with van der Waals surface area (Å²) in [5, 5.41) is 0.655. The van der Waals surface area contributed by atoms with Gasteiger partial charge in [0.1, 0.15) is 11.6 Å². The first-order valence-electron chi connectivity index (χ1n) is 5.81. The van der Waals surface area contributed by atoms with Crippen molar-refractivity contribution in [2.24, 2.45) is 0 Å². The van der Waals surface area contributed by atoms with E-state index in [-0.39, 0.29) is 4.83 Å². The zero-order valence-electron chi connectivity index (χ0n) is 10.3. The number of hydrogen-bond acceptors (Lipinski definition) is 0. The van der Waals surface area contributed by atoms with Gasteiger partial charge in [-0.2, -0.15) is 0 Å². The van der Waals surface area contributed by atoms with Crippen LogP contribution in [0.15, 0.2) is 36.4 Å². The second-order valence-electron chi connectivity index (χ2n) is 4.42. The zero-order chi connectivity index (χ0) is 14.0. The Morgan fingerprint density at radius 3 is 2.37 bits per heavy atom. The smallest absolute Gasteiger partial charge is 0.128 e. The van der Waals surface area contributed by atoms with Crippen LogP contribution < -0.4 is 0 Å². The third-order valence-corrected chi connectivity index (χ3v) is 4.01. The topological polar surface area (TPSA) is 0 Å². The second kappa shape index (κ2) is 6.02. The molecule has 0 heterocycles. The minimum Gasteiger partial charge on any atom is -0.207 e. The first kappa shape index (κ1) is 14.5. The van der Waals surface area contributed by atoms with Crippen LogP contribution in [0.1, 0.15) is 21.5 Å². The molecule has 0 nitrogen and oxygen atoms in total. The summed E-state index contributed by atoms with van der Waals surface area (Å²) in [5.41, 5.74) is 1.65. The molecule has 0 saturated carbocycles. The van der Waals surface area contributed by atoms with Gasteiger partial charge in [-0.05, 0) is 48.7 Å². The van der Waals surface area contributed by atoms with E-state index < -0.39 is 11.6 Å². The molecule has 0 radical (unpaired) electrons. The maximum atomic E-state index is 13.8. The lowest BCUT2D eigenvalue weighted by molar-refractivity contribution is 0.577. The molecule has 2 aromatic rings. The quantitative estimate of drug-likeness (QED) is 0.635. The summed E-state index contributed by atoms with van der Waals surface area (Å²) in [6.07, 6.45) is 0.566. The molecular formula is C15H12BrClF2. The SMILES string of the molecule is Cc1cc(F)c(C(Br)Cc2ccc(Cl)cc2)cc1F. The van der Waals surface area contributed by atoms with Crippen LogP contribution in [0, 0.1) is 18.6 Å². The Labute approximate surface area is 124 Å². The third kappa shape index (κ3) is 3.54. The van der Waals surface area contributed by atoms with E-state index in [1.807, 2.05) is 12.1 Å². The van der Waals surface area contributed by atoms with E-state index in [4.69, 9.17) is 11.6 Å². The van der Waals surface area contributed by atoms with E-state index >= 15 is 0 Å². The molecule has 0 amide bonds. The van der Waals surface area contributed by atoms with Crippen molar-refractivity contribution in [2.75, 3.05) is 0 Å². The third-order valence-electron chi connectivity index (χ3n) is 2.94. The van der Waals surface area contributed by atoms with Gasteiger partial charge in [0.05, 0.1) is 0 Å². The summed E-state index contributed by atoms with van der Waals surface area (Å²) < 4.78 is 27.3. The number of alkyl halides is 1. The standard InChI is InChI=1S/C15H12BrClF2/c1-9-6-15(19)12(8-14(9)18)13(16)7-10-2-4-11(17)5-3-10/h2-6,8,13H,7H2,1H3. The number of hydrogen-bond donors (Lipinski definition) is 0. The Bertz CT molecular complexity index is 581. The van der Waals surface area contributed by atoms with Gasteiger partial charge in [-0.1, -0.05) is 39.7 Å². The monoisotopic (exact) mass is 344 g/mol. The predicted molar refractivity (Wildman–Crippen MR) is 77.9 cm³/mol. The molecule has 0 aromatic heterocycles. The summed E-state index contributed by atoms with van der Waals surface area (Å²) in [4.78, 5) is -0.274. The fourth-order valence-corrected chi connectivity index (χ4v) is 2.69. The van der Waals surface area contributed by atoms with Gasteiger partial charge in [0.2, 0.25) is 0 Å². The fourth-order valence-electron chi connectivity index (χ4n) is 1.84. The Morgan fingerprint density at radius 2 is 1.74 bits per heavy atom. The second-order valence-corrected chi connectivity index (χ2v) is 5.96. The normalized spacial score (nSPS) is 12.5. The minimum absolute atomic E-state index is 0.274. The molecule has 4 heteroatoms. The molecule has 0 N–H and O–H groups in total. The Balaban J connectivity index is 2.22. The summed E-state index contributed by atoms with van der Waals surface area (Å²) in [6, 6.07) is 9.78. The van der Waals surface area contributed by atoms with Crippen LogP contribution in [0.25, 0.3) is 0 Å². The van der Waals surface area contributed by atoms with Gasteiger partial charge < -0.3 is 0 Å².